The zero-order valence-electron chi connectivity index (χ0n) is 11.2. The molecule has 0 bridgehead atoms. The van der Waals surface area contributed by atoms with E-state index in [1.807, 2.05) is 34.5 Å². The molecule has 4 heteroatoms. The maximum atomic E-state index is 4.18. The first-order valence-electron chi connectivity index (χ1n) is 6.74. The lowest BCUT2D eigenvalue weighted by Gasteiger charge is -2.03. The maximum absolute atomic E-state index is 4.18. The average Bonchev–Trinajstić information content (AvgIpc) is 3.16. The van der Waals surface area contributed by atoms with Gasteiger partial charge in [0.1, 0.15) is 0 Å². The van der Waals surface area contributed by atoms with Crippen LogP contribution in [0.3, 0.4) is 0 Å². The third-order valence-corrected chi connectivity index (χ3v) is 4.23. The monoisotopic (exact) mass is 283 g/mol. The van der Waals surface area contributed by atoms with Crippen molar-refractivity contribution >= 4 is 11.3 Å². The van der Waals surface area contributed by atoms with Gasteiger partial charge < -0.3 is 5.32 Å². The van der Waals surface area contributed by atoms with Gasteiger partial charge in [0.2, 0.25) is 0 Å². The van der Waals surface area contributed by atoms with Crippen molar-refractivity contribution in [1.82, 2.24) is 15.1 Å². The summed E-state index contributed by atoms with van der Waals surface area (Å²) in [4.78, 5) is 2.69. The van der Waals surface area contributed by atoms with E-state index in [9.17, 15) is 0 Å². The highest BCUT2D eigenvalue weighted by atomic mass is 32.1. The van der Waals surface area contributed by atoms with Crippen LogP contribution in [0.1, 0.15) is 4.88 Å². The second-order valence-electron chi connectivity index (χ2n) is 4.58. The number of nitrogens with one attached hydrogen (secondary N) is 1. The second-order valence-corrected chi connectivity index (χ2v) is 5.75. The summed E-state index contributed by atoms with van der Waals surface area (Å²) in [5.41, 5.74) is 1.29. The van der Waals surface area contributed by atoms with Crippen LogP contribution in [-0.2, 0) is 13.1 Å². The molecule has 0 saturated heterocycles. The predicted octanol–water partition coefficient (Wildman–Crippen LogP) is 3.40. The fourth-order valence-corrected chi connectivity index (χ4v) is 3.05. The lowest BCUT2D eigenvalue weighted by molar-refractivity contribution is 0.557. The van der Waals surface area contributed by atoms with E-state index >= 15 is 0 Å². The molecule has 3 nitrogen and oxygen atoms in total. The Morgan fingerprint density at radius 3 is 2.75 bits per heavy atom. The van der Waals surface area contributed by atoms with Crippen LogP contribution in [0.25, 0.3) is 10.4 Å². The Hall–Kier alpha value is -1.91. The molecule has 0 saturated carbocycles. The molecule has 3 rings (SSSR count). The third-order valence-electron chi connectivity index (χ3n) is 3.10. The average molecular weight is 283 g/mol. The van der Waals surface area contributed by atoms with Gasteiger partial charge in [0, 0.05) is 35.2 Å². The Kier molecular flexibility index (Phi) is 4.25. The van der Waals surface area contributed by atoms with Gasteiger partial charge >= 0.3 is 0 Å². The minimum absolute atomic E-state index is 0.907. The van der Waals surface area contributed by atoms with Crippen molar-refractivity contribution in [2.45, 2.75) is 13.1 Å². The molecule has 0 radical (unpaired) electrons. The number of hydrogen-bond donors (Lipinski definition) is 1. The number of benzene rings is 1. The first-order valence-corrected chi connectivity index (χ1v) is 7.56. The summed E-state index contributed by atoms with van der Waals surface area (Å²) in [6, 6.07) is 16.9. The molecule has 1 aromatic carbocycles. The van der Waals surface area contributed by atoms with Gasteiger partial charge in [0.15, 0.2) is 0 Å². The van der Waals surface area contributed by atoms with Gasteiger partial charge in [-0.25, -0.2) is 0 Å². The van der Waals surface area contributed by atoms with Crippen LogP contribution >= 0.6 is 11.3 Å². The first-order chi connectivity index (χ1) is 9.92. The van der Waals surface area contributed by atoms with Crippen molar-refractivity contribution in [3.05, 3.63) is 65.8 Å². The molecule has 102 valence electrons. The molecule has 0 unspecified atom stereocenters. The Morgan fingerprint density at radius 1 is 1.05 bits per heavy atom. The van der Waals surface area contributed by atoms with Crippen molar-refractivity contribution in [2.24, 2.45) is 0 Å². The summed E-state index contributed by atoms with van der Waals surface area (Å²) in [7, 11) is 0. The summed E-state index contributed by atoms with van der Waals surface area (Å²) in [6.07, 6.45) is 3.80. The molecular weight excluding hydrogens is 266 g/mol. The molecule has 0 atom stereocenters. The lowest BCUT2D eigenvalue weighted by atomic mass is 10.2. The van der Waals surface area contributed by atoms with E-state index in [0.29, 0.717) is 0 Å². The Bertz CT molecular complexity index is 629. The van der Waals surface area contributed by atoms with E-state index < -0.39 is 0 Å². The smallest absolute Gasteiger partial charge is 0.0534 e. The third kappa shape index (κ3) is 3.35. The molecule has 0 aliphatic rings. The molecule has 20 heavy (non-hydrogen) atoms. The highest BCUT2D eigenvalue weighted by molar-refractivity contribution is 7.15. The minimum atomic E-state index is 0.907. The summed E-state index contributed by atoms with van der Waals surface area (Å²) >= 11 is 1.85. The van der Waals surface area contributed by atoms with Crippen LogP contribution in [0.4, 0.5) is 0 Å². The largest absolute Gasteiger partial charge is 0.310 e. The molecule has 0 aliphatic heterocycles. The summed E-state index contributed by atoms with van der Waals surface area (Å²) in [5, 5.41) is 7.64. The quantitative estimate of drug-likeness (QED) is 0.703. The predicted molar refractivity (Wildman–Crippen MR) is 83.7 cm³/mol. The van der Waals surface area contributed by atoms with Crippen molar-refractivity contribution in [1.29, 1.82) is 0 Å². The minimum Gasteiger partial charge on any atom is -0.310 e. The van der Waals surface area contributed by atoms with Crippen molar-refractivity contribution in [3.63, 3.8) is 0 Å². The molecule has 0 amide bonds. The van der Waals surface area contributed by atoms with Gasteiger partial charge in [0.05, 0.1) is 6.54 Å². The van der Waals surface area contributed by atoms with Crippen LogP contribution in [0.2, 0.25) is 0 Å². The highest BCUT2D eigenvalue weighted by Gasteiger charge is 2.02. The zero-order valence-corrected chi connectivity index (χ0v) is 12.0. The van der Waals surface area contributed by atoms with E-state index in [0.717, 1.165) is 19.6 Å². The summed E-state index contributed by atoms with van der Waals surface area (Å²) in [5.74, 6) is 0. The molecule has 2 heterocycles. The van der Waals surface area contributed by atoms with Gasteiger partial charge in [-0.2, -0.15) is 5.10 Å². The van der Waals surface area contributed by atoms with E-state index in [1.165, 1.54) is 15.3 Å². The number of aromatic nitrogens is 2. The van der Waals surface area contributed by atoms with Gasteiger partial charge in [-0.1, -0.05) is 30.3 Å². The van der Waals surface area contributed by atoms with Crippen LogP contribution in [0.5, 0.6) is 0 Å². The maximum Gasteiger partial charge on any atom is 0.0534 e. The van der Waals surface area contributed by atoms with Crippen LogP contribution in [0.15, 0.2) is 60.9 Å². The molecule has 0 spiro atoms. The zero-order chi connectivity index (χ0) is 13.6. The molecule has 1 N–H and O–H groups in total. The highest BCUT2D eigenvalue weighted by Crippen LogP contribution is 2.27. The van der Waals surface area contributed by atoms with Gasteiger partial charge in [-0.3, -0.25) is 4.68 Å². The van der Waals surface area contributed by atoms with E-state index in [2.05, 4.69) is 52.9 Å². The van der Waals surface area contributed by atoms with Crippen LogP contribution in [-0.4, -0.2) is 16.3 Å². The van der Waals surface area contributed by atoms with Gasteiger partial charge in [-0.05, 0) is 23.8 Å². The molecule has 0 aliphatic carbocycles. The number of rotatable bonds is 6. The normalized spacial score (nSPS) is 10.8. The topological polar surface area (TPSA) is 29.9 Å². The van der Waals surface area contributed by atoms with Gasteiger partial charge in [-0.15, -0.1) is 11.3 Å². The Balaban J connectivity index is 1.50. The van der Waals surface area contributed by atoms with Crippen LogP contribution in [0, 0.1) is 0 Å². The standard InChI is InChI=1S/C16H17N3S/c1-2-5-14(6-3-1)16-8-7-15(20-16)13-17-10-12-19-11-4-9-18-19/h1-9,11,17H,10,12-13H2. The molecule has 2 aromatic heterocycles. The van der Waals surface area contributed by atoms with Gasteiger partial charge in [0.25, 0.3) is 0 Å². The summed E-state index contributed by atoms with van der Waals surface area (Å²) in [6.45, 7) is 2.75. The second kappa shape index (κ2) is 6.50. The van der Waals surface area contributed by atoms with Crippen molar-refractivity contribution in [2.75, 3.05) is 6.54 Å². The lowest BCUT2D eigenvalue weighted by Crippen LogP contribution is -2.19. The summed E-state index contributed by atoms with van der Waals surface area (Å²) < 4.78 is 1.94. The SMILES string of the molecule is c1ccc(-c2ccc(CNCCn3cccn3)s2)cc1. The number of nitrogens with zero attached hydrogens (tertiary/aromatic N) is 2. The number of hydrogen-bond acceptors (Lipinski definition) is 3. The van der Waals surface area contributed by atoms with Crippen LogP contribution < -0.4 is 5.32 Å². The fourth-order valence-electron chi connectivity index (χ4n) is 2.07. The molecule has 0 fully saturated rings. The fraction of sp³-hybridized carbons (Fsp3) is 0.188. The Labute approximate surface area is 122 Å². The molecule has 3 aromatic rings. The molecular formula is C16H17N3S. The Morgan fingerprint density at radius 2 is 1.95 bits per heavy atom. The van der Waals surface area contributed by atoms with Crippen molar-refractivity contribution < 1.29 is 0 Å². The van der Waals surface area contributed by atoms with E-state index in [4.69, 9.17) is 0 Å². The number of thiophene rings is 1. The van der Waals surface area contributed by atoms with Crippen molar-refractivity contribution in [3.8, 4) is 10.4 Å². The van der Waals surface area contributed by atoms with E-state index in [-0.39, 0.29) is 0 Å². The van der Waals surface area contributed by atoms with E-state index in [1.54, 1.807) is 0 Å². The first kappa shape index (κ1) is 13.1.